The molecule has 0 bridgehead atoms. The van der Waals surface area contributed by atoms with E-state index < -0.39 is 5.82 Å². The minimum absolute atomic E-state index is 0.113. The van der Waals surface area contributed by atoms with Gasteiger partial charge in [-0.25, -0.2) is 8.78 Å². The van der Waals surface area contributed by atoms with Crippen LogP contribution in [0.3, 0.4) is 0 Å². The van der Waals surface area contributed by atoms with Crippen molar-refractivity contribution in [2.24, 2.45) is 0 Å². The number of anilines is 2. The molecule has 6 heteroatoms. The summed E-state index contributed by atoms with van der Waals surface area (Å²) in [6.07, 6.45) is 3.21. The summed E-state index contributed by atoms with van der Waals surface area (Å²) in [6.45, 7) is 3.92. The zero-order valence-corrected chi connectivity index (χ0v) is 15.1. The van der Waals surface area contributed by atoms with Crippen molar-refractivity contribution in [1.82, 2.24) is 0 Å². The molecule has 27 heavy (non-hydrogen) atoms. The van der Waals surface area contributed by atoms with Crippen molar-refractivity contribution in [3.63, 3.8) is 0 Å². The maximum atomic E-state index is 14.3. The summed E-state index contributed by atoms with van der Waals surface area (Å²) >= 11 is 1.49. The molecule has 0 aliphatic carbocycles. The van der Waals surface area contributed by atoms with Gasteiger partial charge < -0.3 is 16.5 Å². The molecule has 3 nitrogen and oxygen atoms in total. The fraction of sp³-hybridized carbons (Fsp3) is 0. The third-order valence-corrected chi connectivity index (χ3v) is 4.78. The van der Waals surface area contributed by atoms with Crippen LogP contribution in [0.25, 0.3) is 11.8 Å². The lowest BCUT2D eigenvalue weighted by atomic mass is 10.0. The first-order valence-corrected chi connectivity index (χ1v) is 8.93. The second kappa shape index (κ2) is 7.97. The molecular weight excluding hydrogens is 364 g/mol. The maximum absolute atomic E-state index is 14.3. The highest BCUT2D eigenvalue weighted by molar-refractivity contribution is 7.11. The minimum Gasteiger partial charge on any atom is -0.398 e. The first-order valence-electron chi connectivity index (χ1n) is 8.05. The normalized spacial score (nSPS) is 10.9. The third-order valence-electron chi connectivity index (χ3n) is 3.85. The summed E-state index contributed by atoms with van der Waals surface area (Å²) in [5.41, 5.74) is 8.05. The predicted molar refractivity (Wildman–Crippen MR) is 110 cm³/mol. The topological polar surface area (TPSA) is 61.9 Å². The zero-order valence-electron chi connectivity index (χ0n) is 14.3. The standard InChI is InChI=1S/C21H17F2N3S/c1-13(21-3-2-10-27-21)26-20-11-16(19(25)12-17(20)23)18(24)9-6-14-4-7-15(22)8-5-14/h2-12,24,26H,1,25H2/b9-6+,24-18?. The van der Waals surface area contributed by atoms with Gasteiger partial charge in [-0.3, -0.25) is 0 Å². The van der Waals surface area contributed by atoms with Crippen LogP contribution >= 0.6 is 11.3 Å². The lowest BCUT2D eigenvalue weighted by Gasteiger charge is -2.13. The Morgan fingerprint density at radius 3 is 2.56 bits per heavy atom. The van der Waals surface area contributed by atoms with Gasteiger partial charge in [0.15, 0.2) is 0 Å². The van der Waals surface area contributed by atoms with E-state index in [0.29, 0.717) is 11.3 Å². The van der Waals surface area contributed by atoms with Gasteiger partial charge in [0.2, 0.25) is 0 Å². The second-order valence-electron chi connectivity index (χ2n) is 5.80. The molecule has 3 aromatic rings. The fourth-order valence-corrected chi connectivity index (χ4v) is 3.09. The van der Waals surface area contributed by atoms with Gasteiger partial charge in [0.25, 0.3) is 0 Å². The largest absolute Gasteiger partial charge is 0.398 e. The number of nitrogen functional groups attached to an aromatic ring is 1. The average molecular weight is 381 g/mol. The average Bonchev–Trinajstić information content (AvgIpc) is 3.18. The highest BCUT2D eigenvalue weighted by Crippen LogP contribution is 2.27. The molecule has 1 heterocycles. The van der Waals surface area contributed by atoms with Gasteiger partial charge in [-0.15, -0.1) is 11.3 Å². The van der Waals surface area contributed by atoms with Crippen molar-refractivity contribution < 1.29 is 8.78 Å². The third kappa shape index (κ3) is 4.48. The van der Waals surface area contributed by atoms with Crippen molar-refractivity contribution >= 4 is 40.2 Å². The first-order chi connectivity index (χ1) is 12.9. The number of benzene rings is 2. The first kappa shape index (κ1) is 18.5. The molecule has 3 rings (SSSR count). The molecule has 4 N–H and O–H groups in total. The van der Waals surface area contributed by atoms with E-state index in [1.807, 2.05) is 17.5 Å². The molecule has 0 aliphatic rings. The van der Waals surface area contributed by atoms with Crippen LogP contribution < -0.4 is 11.1 Å². The highest BCUT2D eigenvalue weighted by atomic mass is 32.1. The van der Waals surface area contributed by atoms with Gasteiger partial charge in [-0.1, -0.05) is 30.9 Å². The lowest BCUT2D eigenvalue weighted by molar-refractivity contribution is 0.627. The second-order valence-corrected chi connectivity index (χ2v) is 6.75. The molecule has 0 fully saturated rings. The number of hydrogen-bond donors (Lipinski definition) is 3. The number of thiophene rings is 1. The molecule has 0 radical (unpaired) electrons. The number of nitrogens with two attached hydrogens (primary N) is 1. The van der Waals surface area contributed by atoms with E-state index in [-0.39, 0.29) is 22.9 Å². The van der Waals surface area contributed by atoms with Crippen molar-refractivity contribution in [1.29, 1.82) is 5.41 Å². The lowest BCUT2D eigenvalue weighted by Crippen LogP contribution is -2.06. The summed E-state index contributed by atoms with van der Waals surface area (Å²) in [6, 6.07) is 12.3. The molecule has 0 saturated carbocycles. The number of rotatable bonds is 6. The van der Waals surface area contributed by atoms with Crippen molar-refractivity contribution in [2.75, 3.05) is 11.1 Å². The number of nitrogens with one attached hydrogen (secondary N) is 2. The van der Waals surface area contributed by atoms with E-state index in [1.54, 1.807) is 18.2 Å². The molecular formula is C21H17F2N3S. The molecule has 0 atom stereocenters. The SMILES string of the molecule is C=C(Nc1cc(C(=N)/C=C/c2ccc(F)cc2)c(N)cc1F)c1cccs1. The van der Waals surface area contributed by atoms with Crippen LogP contribution in [0.15, 0.2) is 66.6 Å². The molecule has 1 aromatic heterocycles. The number of halogens is 2. The summed E-state index contributed by atoms with van der Waals surface area (Å²) in [5, 5.41) is 13.1. The van der Waals surface area contributed by atoms with Gasteiger partial charge in [-0.2, -0.15) is 0 Å². The summed E-state index contributed by atoms with van der Waals surface area (Å²) < 4.78 is 27.2. The highest BCUT2D eigenvalue weighted by Gasteiger charge is 2.12. The minimum atomic E-state index is -0.524. The Morgan fingerprint density at radius 1 is 1.15 bits per heavy atom. The summed E-state index contributed by atoms with van der Waals surface area (Å²) in [4.78, 5) is 0.888. The molecule has 0 aliphatic heterocycles. The van der Waals surface area contributed by atoms with Crippen molar-refractivity contribution in [2.45, 2.75) is 0 Å². The number of hydrogen-bond acceptors (Lipinski definition) is 4. The molecule has 136 valence electrons. The zero-order chi connectivity index (χ0) is 19.4. The van der Waals surface area contributed by atoms with E-state index >= 15 is 0 Å². The Kier molecular flexibility index (Phi) is 5.47. The summed E-state index contributed by atoms with van der Waals surface area (Å²) in [5.74, 6) is -0.851. The Hall–Kier alpha value is -3.25. The Balaban J connectivity index is 1.83. The van der Waals surface area contributed by atoms with Crippen LogP contribution in [-0.2, 0) is 0 Å². The molecule has 0 saturated heterocycles. The van der Waals surface area contributed by atoms with Crippen LogP contribution in [-0.4, -0.2) is 5.71 Å². The smallest absolute Gasteiger partial charge is 0.148 e. The summed E-state index contributed by atoms with van der Waals surface area (Å²) in [7, 11) is 0. The maximum Gasteiger partial charge on any atom is 0.148 e. The molecule has 0 amide bonds. The van der Waals surface area contributed by atoms with Gasteiger partial charge in [-0.05, 0) is 47.4 Å². The molecule has 0 spiro atoms. The van der Waals surface area contributed by atoms with Gasteiger partial charge in [0.1, 0.15) is 11.6 Å². The van der Waals surface area contributed by atoms with E-state index in [0.717, 1.165) is 10.4 Å². The van der Waals surface area contributed by atoms with E-state index in [2.05, 4.69) is 11.9 Å². The van der Waals surface area contributed by atoms with Gasteiger partial charge in [0.05, 0.1) is 11.4 Å². The van der Waals surface area contributed by atoms with E-state index in [1.165, 1.54) is 41.7 Å². The Labute approximate surface area is 160 Å². The van der Waals surface area contributed by atoms with E-state index in [9.17, 15) is 8.78 Å². The monoisotopic (exact) mass is 381 g/mol. The van der Waals surface area contributed by atoms with Crippen LogP contribution in [0.1, 0.15) is 16.0 Å². The molecule has 0 unspecified atom stereocenters. The van der Waals surface area contributed by atoms with Gasteiger partial charge >= 0.3 is 0 Å². The quantitative estimate of drug-likeness (QED) is 0.375. The van der Waals surface area contributed by atoms with Gasteiger partial charge in [0, 0.05) is 21.8 Å². The van der Waals surface area contributed by atoms with Crippen LogP contribution in [0.2, 0.25) is 0 Å². The van der Waals surface area contributed by atoms with Crippen LogP contribution in [0, 0.1) is 17.0 Å². The predicted octanol–water partition coefficient (Wildman–Crippen LogP) is 5.77. The van der Waals surface area contributed by atoms with Crippen LogP contribution in [0.5, 0.6) is 0 Å². The Bertz CT molecular complexity index is 1010. The van der Waals surface area contributed by atoms with E-state index in [4.69, 9.17) is 11.1 Å². The van der Waals surface area contributed by atoms with Crippen molar-refractivity contribution in [3.8, 4) is 0 Å². The van der Waals surface area contributed by atoms with Crippen LogP contribution in [0.4, 0.5) is 20.2 Å². The fourth-order valence-electron chi connectivity index (χ4n) is 2.44. The Morgan fingerprint density at radius 2 is 1.89 bits per heavy atom. The number of allylic oxidation sites excluding steroid dienone is 1. The van der Waals surface area contributed by atoms with Crippen molar-refractivity contribution in [3.05, 3.63) is 94.2 Å². The molecule has 2 aromatic carbocycles.